The Labute approximate surface area is 152 Å². The van der Waals surface area contributed by atoms with Gasteiger partial charge in [-0.25, -0.2) is 9.48 Å². The number of tetrazole rings is 1. The minimum Gasteiger partial charge on any atom is -0.506 e. The molecule has 1 fully saturated rings. The van der Waals surface area contributed by atoms with Crippen molar-refractivity contribution < 1.29 is 9.52 Å². The van der Waals surface area contributed by atoms with Crippen LogP contribution in [-0.2, 0) is 5.75 Å². The Bertz CT molecular complexity index is 981. The second-order valence-electron chi connectivity index (χ2n) is 6.02. The van der Waals surface area contributed by atoms with E-state index >= 15 is 0 Å². The largest absolute Gasteiger partial charge is 0.506 e. The maximum atomic E-state index is 11.8. The van der Waals surface area contributed by atoms with Crippen molar-refractivity contribution in [2.75, 3.05) is 0 Å². The van der Waals surface area contributed by atoms with Crippen LogP contribution < -0.4 is 5.63 Å². The number of thioether (sulfide) groups is 1. The first-order valence-corrected chi connectivity index (χ1v) is 9.34. The zero-order valence-electron chi connectivity index (χ0n) is 13.2. The van der Waals surface area contributed by atoms with Crippen LogP contribution in [0.1, 0.15) is 37.3 Å². The summed E-state index contributed by atoms with van der Waals surface area (Å²) in [6.45, 7) is 0. The maximum Gasteiger partial charge on any atom is 0.336 e. The zero-order valence-corrected chi connectivity index (χ0v) is 14.8. The minimum atomic E-state index is -0.472. The molecule has 3 aromatic rings. The SMILES string of the molecule is O=c1cc(CSc2nnnn2C2CCCC2)c2cc(Cl)c(O)cc2o1. The summed E-state index contributed by atoms with van der Waals surface area (Å²) in [5.74, 6) is 0.378. The highest BCUT2D eigenvalue weighted by molar-refractivity contribution is 7.98. The normalized spacial score (nSPS) is 15.2. The lowest BCUT2D eigenvalue weighted by atomic mass is 10.1. The Balaban J connectivity index is 1.64. The van der Waals surface area contributed by atoms with Gasteiger partial charge in [-0.1, -0.05) is 36.2 Å². The molecule has 1 aliphatic carbocycles. The molecule has 0 aliphatic heterocycles. The number of fused-ring (bicyclic) bond motifs is 1. The Hall–Kier alpha value is -2.06. The van der Waals surface area contributed by atoms with Crippen molar-refractivity contribution in [1.82, 2.24) is 20.2 Å². The number of nitrogens with zero attached hydrogens (tertiary/aromatic N) is 4. The van der Waals surface area contributed by atoms with Gasteiger partial charge in [0.25, 0.3) is 0 Å². The predicted octanol–water partition coefficient (Wildman–Crippen LogP) is 3.55. The Morgan fingerprint density at radius 3 is 2.92 bits per heavy atom. The number of benzene rings is 1. The Morgan fingerprint density at radius 2 is 2.12 bits per heavy atom. The number of phenolic OH excluding ortho intramolecular Hbond substituents is 1. The van der Waals surface area contributed by atoms with E-state index in [0.29, 0.717) is 22.8 Å². The first-order valence-electron chi connectivity index (χ1n) is 7.98. The number of phenols is 1. The summed E-state index contributed by atoms with van der Waals surface area (Å²) in [6.07, 6.45) is 4.57. The van der Waals surface area contributed by atoms with Crippen molar-refractivity contribution in [3.8, 4) is 5.75 Å². The summed E-state index contributed by atoms with van der Waals surface area (Å²) in [4.78, 5) is 11.8. The molecule has 1 aromatic carbocycles. The van der Waals surface area contributed by atoms with Gasteiger partial charge in [0.05, 0.1) is 11.1 Å². The topological polar surface area (TPSA) is 94.0 Å². The molecule has 0 bridgehead atoms. The van der Waals surface area contributed by atoms with Gasteiger partial charge < -0.3 is 9.52 Å². The first kappa shape index (κ1) is 16.4. The number of hydrogen-bond acceptors (Lipinski definition) is 7. The third kappa shape index (κ3) is 3.23. The molecule has 25 heavy (non-hydrogen) atoms. The molecule has 0 radical (unpaired) electrons. The third-order valence-electron chi connectivity index (χ3n) is 4.39. The summed E-state index contributed by atoms with van der Waals surface area (Å²) in [6, 6.07) is 4.74. The van der Waals surface area contributed by atoms with Crippen LogP contribution in [0.2, 0.25) is 5.02 Å². The molecular formula is C16H15ClN4O3S. The highest BCUT2D eigenvalue weighted by Crippen LogP contribution is 2.34. The van der Waals surface area contributed by atoms with Crippen molar-refractivity contribution in [3.63, 3.8) is 0 Å². The molecule has 0 saturated heterocycles. The second kappa shape index (κ2) is 6.68. The van der Waals surface area contributed by atoms with Crippen molar-refractivity contribution >= 4 is 34.3 Å². The van der Waals surface area contributed by atoms with E-state index in [2.05, 4.69) is 15.5 Å². The maximum absolute atomic E-state index is 11.8. The van der Waals surface area contributed by atoms with Crippen LogP contribution in [-0.4, -0.2) is 25.3 Å². The average molecular weight is 379 g/mol. The average Bonchev–Trinajstić information content (AvgIpc) is 3.25. The van der Waals surface area contributed by atoms with Gasteiger partial charge in [0.2, 0.25) is 5.16 Å². The fraction of sp³-hybridized carbons (Fsp3) is 0.375. The first-order chi connectivity index (χ1) is 12.1. The number of aromatic hydroxyl groups is 1. The molecule has 0 atom stereocenters. The lowest BCUT2D eigenvalue weighted by molar-refractivity contribution is 0.423. The fourth-order valence-electron chi connectivity index (χ4n) is 3.16. The van der Waals surface area contributed by atoms with E-state index in [9.17, 15) is 9.90 Å². The van der Waals surface area contributed by atoms with Crippen LogP contribution in [0.4, 0.5) is 0 Å². The molecule has 0 unspecified atom stereocenters. The van der Waals surface area contributed by atoms with E-state index in [1.165, 1.54) is 36.7 Å². The number of aromatic nitrogens is 4. The van der Waals surface area contributed by atoms with E-state index in [1.54, 1.807) is 6.07 Å². The predicted molar refractivity (Wildman–Crippen MR) is 94.0 cm³/mol. The molecule has 9 heteroatoms. The molecule has 0 spiro atoms. The van der Waals surface area contributed by atoms with Crippen molar-refractivity contribution in [2.24, 2.45) is 0 Å². The molecule has 130 valence electrons. The summed E-state index contributed by atoms with van der Waals surface area (Å²) >= 11 is 7.47. The summed E-state index contributed by atoms with van der Waals surface area (Å²) in [7, 11) is 0. The molecule has 2 aromatic heterocycles. The van der Waals surface area contributed by atoms with Crippen LogP contribution in [0.15, 0.2) is 32.6 Å². The van der Waals surface area contributed by atoms with Gasteiger partial charge in [-0.2, -0.15) is 0 Å². The van der Waals surface area contributed by atoms with Crippen LogP contribution in [0.5, 0.6) is 5.75 Å². The van der Waals surface area contributed by atoms with E-state index < -0.39 is 5.63 Å². The van der Waals surface area contributed by atoms with Crippen LogP contribution in [0.25, 0.3) is 11.0 Å². The lowest BCUT2D eigenvalue weighted by Gasteiger charge is -2.11. The summed E-state index contributed by atoms with van der Waals surface area (Å²) in [5.41, 5.74) is 0.597. The Kier molecular flexibility index (Phi) is 4.39. The number of halogens is 1. The third-order valence-corrected chi connectivity index (χ3v) is 5.67. The fourth-order valence-corrected chi connectivity index (χ4v) is 4.26. The quantitative estimate of drug-likeness (QED) is 0.548. The Morgan fingerprint density at radius 1 is 1.32 bits per heavy atom. The molecule has 0 amide bonds. The van der Waals surface area contributed by atoms with Crippen molar-refractivity contribution in [2.45, 2.75) is 42.6 Å². The van der Waals surface area contributed by atoms with Crippen LogP contribution in [0, 0.1) is 0 Å². The minimum absolute atomic E-state index is 0.118. The molecule has 1 aliphatic rings. The smallest absolute Gasteiger partial charge is 0.336 e. The molecule has 2 heterocycles. The highest BCUT2D eigenvalue weighted by atomic mass is 35.5. The van der Waals surface area contributed by atoms with E-state index in [0.717, 1.165) is 23.6 Å². The molecule has 1 saturated carbocycles. The molecular weight excluding hydrogens is 364 g/mol. The van der Waals surface area contributed by atoms with Gasteiger partial charge in [-0.05, 0) is 34.9 Å². The second-order valence-corrected chi connectivity index (χ2v) is 7.37. The molecule has 7 nitrogen and oxygen atoms in total. The van der Waals surface area contributed by atoms with Crippen LogP contribution in [0.3, 0.4) is 0 Å². The van der Waals surface area contributed by atoms with E-state index in [4.69, 9.17) is 16.0 Å². The van der Waals surface area contributed by atoms with Gasteiger partial charge in [-0.15, -0.1) is 5.10 Å². The lowest BCUT2D eigenvalue weighted by Crippen LogP contribution is -2.08. The summed E-state index contributed by atoms with van der Waals surface area (Å²) in [5, 5.41) is 23.4. The highest BCUT2D eigenvalue weighted by Gasteiger charge is 2.22. The number of hydrogen-bond donors (Lipinski definition) is 1. The standard InChI is InChI=1S/C16H15ClN4O3S/c17-12-6-11-9(5-15(23)24-14(11)7-13(12)22)8-25-16-18-19-20-21(16)10-3-1-2-4-10/h5-7,10,22H,1-4,8H2. The molecule has 4 rings (SSSR count). The molecule has 1 N–H and O–H groups in total. The summed E-state index contributed by atoms with van der Waals surface area (Å²) < 4.78 is 7.03. The van der Waals surface area contributed by atoms with Crippen molar-refractivity contribution in [3.05, 3.63) is 39.2 Å². The zero-order chi connectivity index (χ0) is 17.4. The van der Waals surface area contributed by atoms with Crippen molar-refractivity contribution in [1.29, 1.82) is 0 Å². The van der Waals surface area contributed by atoms with E-state index in [1.807, 2.05) is 4.68 Å². The van der Waals surface area contributed by atoms with Gasteiger partial charge >= 0.3 is 5.63 Å². The van der Waals surface area contributed by atoms with Crippen LogP contribution >= 0.6 is 23.4 Å². The number of rotatable bonds is 4. The van der Waals surface area contributed by atoms with Gasteiger partial charge in [0, 0.05) is 23.3 Å². The monoisotopic (exact) mass is 378 g/mol. The van der Waals surface area contributed by atoms with Gasteiger partial charge in [0.15, 0.2) is 0 Å². The van der Waals surface area contributed by atoms with Gasteiger partial charge in [0.1, 0.15) is 11.3 Å². The van der Waals surface area contributed by atoms with Gasteiger partial charge in [-0.3, -0.25) is 0 Å². The van der Waals surface area contributed by atoms with E-state index in [-0.39, 0.29) is 10.8 Å².